The quantitative estimate of drug-likeness (QED) is 0.576. The molecule has 1 aliphatic heterocycles. The Kier molecular flexibility index (Phi) is 1.27. The second-order valence-corrected chi connectivity index (χ2v) is 2.67. The first-order valence-electron chi connectivity index (χ1n) is 3.25. The van der Waals surface area contributed by atoms with Crippen molar-refractivity contribution in [1.29, 1.82) is 0 Å². The average Bonchev–Trinajstić information content (AvgIpc) is 2.36. The van der Waals surface area contributed by atoms with Crippen LogP contribution in [0.2, 0.25) is 5.15 Å². The van der Waals surface area contributed by atoms with Crippen LogP contribution >= 0.6 is 11.6 Å². The molecule has 0 aromatic carbocycles. The van der Waals surface area contributed by atoms with E-state index in [1.807, 2.05) is 6.07 Å². The summed E-state index contributed by atoms with van der Waals surface area (Å²) in [4.78, 5) is 3.95. The minimum Gasteiger partial charge on any atom is -0.382 e. The summed E-state index contributed by atoms with van der Waals surface area (Å²) >= 11 is 5.80. The number of nitrogens with zero attached hydrogens (tertiary/aromatic N) is 1. The van der Waals surface area contributed by atoms with Crippen LogP contribution in [0.25, 0.3) is 0 Å². The van der Waals surface area contributed by atoms with E-state index in [1.165, 1.54) is 5.56 Å². The summed E-state index contributed by atoms with van der Waals surface area (Å²) in [6.07, 6.45) is 2.81. The van der Waals surface area contributed by atoms with Crippen molar-refractivity contribution in [2.45, 2.75) is 6.42 Å². The van der Waals surface area contributed by atoms with Gasteiger partial charge in [0.05, 0.1) is 5.69 Å². The van der Waals surface area contributed by atoms with E-state index in [1.54, 1.807) is 6.20 Å². The van der Waals surface area contributed by atoms with E-state index in [2.05, 4.69) is 10.3 Å². The number of hydrogen-bond acceptors (Lipinski definition) is 2. The summed E-state index contributed by atoms with van der Waals surface area (Å²) in [7, 11) is 0. The van der Waals surface area contributed by atoms with Crippen LogP contribution in [0.4, 0.5) is 5.69 Å². The highest BCUT2D eigenvalue weighted by Gasteiger charge is 2.12. The topological polar surface area (TPSA) is 24.9 Å². The molecule has 0 saturated carbocycles. The number of pyridine rings is 1. The molecule has 0 fully saturated rings. The predicted molar refractivity (Wildman–Crippen MR) is 41.4 cm³/mol. The van der Waals surface area contributed by atoms with Crippen molar-refractivity contribution in [3.05, 3.63) is 23.0 Å². The second kappa shape index (κ2) is 2.13. The molecule has 1 aromatic rings. The summed E-state index contributed by atoms with van der Waals surface area (Å²) in [5.74, 6) is 0. The third-order valence-corrected chi connectivity index (χ3v) is 1.97. The van der Waals surface area contributed by atoms with Crippen molar-refractivity contribution in [3.8, 4) is 0 Å². The number of anilines is 1. The summed E-state index contributed by atoms with van der Waals surface area (Å²) in [6, 6.07) is 2.00. The maximum Gasteiger partial charge on any atom is 0.152 e. The van der Waals surface area contributed by atoms with Gasteiger partial charge in [-0.3, -0.25) is 0 Å². The fourth-order valence-corrected chi connectivity index (χ4v) is 1.43. The van der Waals surface area contributed by atoms with E-state index in [9.17, 15) is 0 Å². The highest BCUT2D eigenvalue weighted by molar-refractivity contribution is 6.32. The Labute approximate surface area is 64.2 Å². The smallest absolute Gasteiger partial charge is 0.152 e. The van der Waals surface area contributed by atoms with E-state index >= 15 is 0 Å². The van der Waals surface area contributed by atoms with Crippen molar-refractivity contribution >= 4 is 17.3 Å². The van der Waals surface area contributed by atoms with Crippen molar-refractivity contribution < 1.29 is 0 Å². The Morgan fingerprint density at radius 1 is 1.60 bits per heavy atom. The summed E-state index contributed by atoms with van der Waals surface area (Å²) in [5.41, 5.74) is 2.30. The van der Waals surface area contributed by atoms with Crippen molar-refractivity contribution in [1.82, 2.24) is 4.98 Å². The molecule has 0 spiro atoms. The van der Waals surface area contributed by atoms with Gasteiger partial charge in [0.2, 0.25) is 0 Å². The Bertz CT molecular complexity index is 260. The summed E-state index contributed by atoms with van der Waals surface area (Å²) in [6.45, 7) is 0.987. The van der Waals surface area contributed by atoms with Crippen LogP contribution in [0.15, 0.2) is 12.3 Å². The van der Waals surface area contributed by atoms with Crippen LogP contribution in [0.3, 0.4) is 0 Å². The molecule has 0 amide bonds. The molecule has 1 N–H and O–H groups in total. The molecule has 1 aliphatic rings. The van der Waals surface area contributed by atoms with Gasteiger partial charge in [-0.1, -0.05) is 11.6 Å². The predicted octanol–water partition coefficient (Wildman–Crippen LogP) is 1.70. The van der Waals surface area contributed by atoms with Crippen LogP contribution in [-0.4, -0.2) is 11.5 Å². The van der Waals surface area contributed by atoms with E-state index in [0.717, 1.165) is 18.7 Å². The summed E-state index contributed by atoms with van der Waals surface area (Å²) in [5, 5.41) is 3.77. The molecule has 0 atom stereocenters. The normalized spacial score (nSPS) is 14.5. The molecule has 0 bridgehead atoms. The molecule has 2 heterocycles. The van der Waals surface area contributed by atoms with Crippen molar-refractivity contribution in [3.63, 3.8) is 0 Å². The Morgan fingerprint density at radius 2 is 2.50 bits per heavy atom. The highest BCUT2D eigenvalue weighted by Crippen LogP contribution is 2.27. The van der Waals surface area contributed by atoms with Gasteiger partial charge < -0.3 is 5.32 Å². The number of aromatic nitrogens is 1. The van der Waals surface area contributed by atoms with Crippen LogP contribution in [0.1, 0.15) is 5.56 Å². The zero-order valence-corrected chi connectivity index (χ0v) is 6.15. The zero-order chi connectivity index (χ0) is 6.97. The number of rotatable bonds is 0. The van der Waals surface area contributed by atoms with Gasteiger partial charge in [0.15, 0.2) is 5.15 Å². The molecular weight excluding hydrogens is 148 g/mol. The maximum absolute atomic E-state index is 5.80. The first-order valence-corrected chi connectivity index (χ1v) is 3.63. The van der Waals surface area contributed by atoms with Gasteiger partial charge in [0.1, 0.15) is 0 Å². The van der Waals surface area contributed by atoms with Crippen LogP contribution in [-0.2, 0) is 6.42 Å². The van der Waals surface area contributed by atoms with Crippen molar-refractivity contribution in [2.75, 3.05) is 11.9 Å². The fourth-order valence-electron chi connectivity index (χ4n) is 1.19. The highest BCUT2D eigenvalue weighted by atomic mass is 35.5. The molecule has 1 aromatic heterocycles. The molecule has 0 aliphatic carbocycles. The van der Waals surface area contributed by atoms with E-state index in [-0.39, 0.29) is 0 Å². The van der Waals surface area contributed by atoms with Gasteiger partial charge in [-0.25, -0.2) is 4.98 Å². The molecule has 0 saturated heterocycles. The van der Waals surface area contributed by atoms with Gasteiger partial charge in [0, 0.05) is 12.7 Å². The molecule has 2 rings (SSSR count). The molecule has 52 valence electrons. The Morgan fingerprint density at radius 3 is 3.30 bits per heavy atom. The largest absolute Gasteiger partial charge is 0.382 e. The SMILES string of the molecule is Clc1nccc2c1NCC2. The van der Waals surface area contributed by atoms with Gasteiger partial charge in [-0.2, -0.15) is 0 Å². The fraction of sp³-hybridized carbons (Fsp3) is 0.286. The van der Waals surface area contributed by atoms with Crippen LogP contribution < -0.4 is 5.32 Å². The lowest BCUT2D eigenvalue weighted by molar-refractivity contribution is 1.10. The first-order chi connectivity index (χ1) is 4.88. The number of fused-ring (bicyclic) bond motifs is 1. The van der Waals surface area contributed by atoms with Crippen LogP contribution in [0, 0.1) is 0 Å². The van der Waals surface area contributed by atoms with E-state index in [0.29, 0.717) is 5.15 Å². The van der Waals surface area contributed by atoms with E-state index in [4.69, 9.17) is 11.6 Å². The van der Waals surface area contributed by atoms with Crippen molar-refractivity contribution in [2.24, 2.45) is 0 Å². The molecular formula is C7H7ClN2. The van der Waals surface area contributed by atoms with Gasteiger partial charge in [-0.15, -0.1) is 0 Å². The third kappa shape index (κ3) is 0.762. The Hall–Kier alpha value is -0.760. The minimum atomic E-state index is 0.593. The monoisotopic (exact) mass is 154 g/mol. The van der Waals surface area contributed by atoms with Gasteiger partial charge >= 0.3 is 0 Å². The van der Waals surface area contributed by atoms with E-state index < -0.39 is 0 Å². The second-order valence-electron chi connectivity index (χ2n) is 2.31. The number of nitrogens with one attached hydrogen (secondary N) is 1. The standard InChI is InChI=1S/C7H7ClN2/c8-7-6-5(1-3-9-6)2-4-10-7/h2,4,9H,1,3H2. The third-order valence-electron chi connectivity index (χ3n) is 1.69. The Balaban J connectivity index is 2.59. The lowest BCUT2D eigenvalue weighted by atomic mass is 10.2. The lowest BCUT2D eigenvalue weighted by Crippen LogP contribution is -1.92. The van der Waals surface area contributed by atoms with Gasteiger partial charge in [0.25, 0.3) is 0 Å². The summed E-state index contributed by atoms with van der Waals surface area (Å²) < 4.78 is 0. The lowest BCUT2D eigenvalue weighted by Gasteiger charge is -1.98. The maximum atomic E-state index is 5.80. The molecule has 0 unspecified atom stereocenters. The molecule has 3 heteroatoms. The van der Waals surface area contributed by atoms with Gasteiger partial charge in [-0.05, 0) is 18.1 Å². The number of halogens is 1. The minimum absolute atomic E-state index is 0.593. The first kappa shape index (κ1) is 5.98. The molecule has 0 radical (unpaired) electrons. The molecule has 2 nitrogen and oxygen atoms in total. The number of hydrogen-bond donors (Lipinski definition) is 1. The zero-order valence-electron chi connectivity index (χ0n) is 5.39. The molecule has 10 heavy (non-hydrogen) atoms. The van der Waals surface area contributed by atoms with Crippen LogP contribution in [0.5, 0.6) is 0 Å². The average molecular weight is 155 g/mol.